The Hall–Kier alpha value is -0.130. The summed E-state index contributed by atoms with van der Waals surface area (Å²) >= 11 is 7.69. The first kappa shape index (κ1) is 15.3. The Morgan fingerprint density at radius 1 is 1.47 bits per heavy atom. The molecule has 2 N–H and O–H groups in total. The Morgan fingerprint density at radius 2 is 2.21 bits per heavy atom. The SMILES string of the molecule is CC(c1ccc(Cl)s1)N1CCC(OCCCN)CC1. The predicted molar refractivity (Wildman–Crippen MR) is 82.0 cm³/mol. The lowest BCUT2D eigenvalue weighted by molar-refractivity contribution is -0.000433. The number of thiophene rings is 1. The van der Waals surface area contributed by atoms with Crippen molar-refractivity contribution in [2.75, 3.05) is 26.2 Å². The van der Waals surface area contributed by atoms with Gasteiger partial charge < -0.3 is 10.5 Å². The number of rotatable bonds is 6. The van der Waals surface area contributed by atoms with Gasteiger partial charge in [0.1, 0.15) is 0 Å². The van der Waals surface area contributed by atoms with Gasteiger partial charge in [-0.2, -0.15) is 0 Å². The molecule has 1 aromatic rings. The van der Waals surface area contributed by atoms with Gasteiger partial charge in [0.15, 0.2) is 0 Å². The third kappa shape index (κ3) is 4.43. The Kier molecular flexibility index (Phi) is 6.10. The third-order valence-corrected chi connectivity index (χ3v) is 5.13. The molecular formula is C14H23ClN2OS. The normalized spacial score (nSPS) is 19.7. The molecule has 108 valence electrons. The van der Waals surface area contributed by atoms with Crippen LogP contribution in [0.2, 0.25) is 4.34 Å². The summed E-state index contributed by atoms with van der Waals surface area (Å²) in [6.07, 6.45) is 3.62. The van der Waals surface area contributed by atoms with Gasteiger partial charge in [0, 0.05) is 30.6 Å². The zero-order valence-corrected chi connectivity index (χ0v) is 13.1. The molecule has 2 rings (SSSR count). The number of halogens is 1. The van der Waals surface area contributed by atoms with Crippen molar-refractivity contribution in [3.05, 3.63) is 21.3 Å². The quantitative estimate of drug-likeness (QED) is 0.820. The van der Waals surface area contributed by atoms with Crippen LogP contribution in [0.5, 0.6) is 0 Å². The second-order valence-corrected chi connectivity index (χ2v) is 6.81. The molecule has 0 bridgehead atoms. The van der Waals surface area contributed by atoms with E-state index < -0.39 is 0 Å². The van der Waals surface area contributed by atoms with E-state index in [-0.39, 0.29) is 0 Å². The number of piperidine rings is 1. The average Bonchev–Trinajstić information content (AvgIpc) is 2.86. The summed E-state index contributed by atoms with van der Waals surface area (Å²) in [5, 5.41) is 0. The molecule has 0 amide bonds. The summed E-state index contributed by atoms with van der Waals surface area (Å²) in [5.41, 5.74) is 5.47. The van der Waals surface area contributed by atoms with Gasteiger partial charge in [0.25, 0.3) is 0 Å². The van der Waals surface area contributed by atoms with Gasteiger partial charge in [0.2, 0.25) is 0 Å². The molecule has 1 unspecified atom stereocenters. The standard InChI is InChI=1S/C14H23ClN2OS/c1-11(13-3-4-14(15)19-13)17-8-5-12(6-9-17)18-10-2-7-16/h3-4,11-12H,2,5-10,16H2,1H3. The second-order valence-electron chi connectivity index (χ2n) is 5.07. The highest BCUT2D eigenvalue weighted by atomic mass is 35.5. The second kappa shape index (κ2) is 7.60. The molecule has 1 saturated heterocycles. The topological polar surface area (TPSA) is 38.5 Å². The number of nitrogens with zero attached hydrogens (tertiary/aromatic N) is 1. The molecule has 3 nitrogen and oxygen atoms in total. The molecule has 19 heavy (non-hydrogen) atoms. The van der Waals surface area contributed by atoms with E-state index in [1.165, 1.54) is 4.88 Å². The van der Waals surface area contributed by atoms with Gasteiger partial charge in [0.05, 0.1) is 10.4 Å². The fourth-order valence-corrected chi connectivity index (χ4v) is 3.64. The van der Waals surface area contributed by atoms with Crippen LogP contribution in [0.15, 0.2) is 12.1 Å². The molecule has 0 radical (unpaired) electrons. The molecule has 1 fully saturated rings. The Morgan fingerprint density at radius 3 is 2.79 bits per heavy atom. The molecule has 1 atom stereocenters. The van der Waals surface area contributed by atoms with Crippen molar-refractivity contribution in [2.24, 2.45) is 5.73 Å². The summed E-state index contributed by atoms with van der Waals surface area (Å²) in [6.45, 7) is 5.98. The van der Waals surface area contributed by atoms with Crippen molar-refractivity contribution in [1.29, 1.82) is 0 Å². The predicted octanol–water partition coefficient (Wildman–Crippen LogP) is 3.29. The van der Waals surface area contributed by atoms with Gasteiger partial charge in [-0.25, -0.2) is 0 Å². The van der Waals surface area contributed by atoms with Crippen molar-refractivity contribution < 1.29 is 4.74 Å². The van der Waals surface area contributed by atoms with Crippen molar-refractivity contribution in [2.45, 2.75) is 38.3 Å². The minimum atomic E-state index is 0.418. The van der Waals surface area contributed by atoms with Crippen LogP contribution >= 0.6 is 22.9 Å². The van der Waals surface area contributed by atoms with Gasteiger partial charge in [-0.05, 0) is 44.9 Å². The van der Waals surface area contributed by atoms with Crippen molar-refractivity contribution in [1.82, 2.24) is 4.90 Å². The molecular weight excluding hydrogens is 280 g/mol. The lowest BCUT2D eigenvalue weighted by Crippen LogP contribution is -2.38. The Bertz CT molecular complexity index is 377. The monoisotopic (exact) mass is 302 g/mol. The summed E-state index contributed by atoms with van der Waals surface area (Å²) < 4.78 is 6.71. The number of hydrogen-bond donors (Lipinski definition) is 1. The van der Waals surface area contributed by atoms with Gasteiger partial charge >= 0.3 is 0 Å². The molecule has 5 heteroatoms. The van der Waals surface area contributed by atoms with Gasteiger partial charge in [-0.3, -0.25) is 4.90 Å². The number of ether oxygens (including phenoxy) is 1. The van der Waals surface area contributed by atoms with E-state index in [1.54, 1.807) is 11.3 Å². The zero-order valence-electron chi connectivity index (χ0n) is 11.5. The third-order valence-electron chi connectivity index (χ3n) is 3.73. The highest BCUT2D eigenvalue weighted by Gasteiger charge is 2.24. The lowest BCUT2D eigenvalue weighted by Gasteiger charge is -2.35. The van der Waals surface area contributed by atoms with E-state index in [0.29, 0.717) is 12.1 Å². The fourth-order valence-electron chi connectivity index (χ4n) is 2.50. The maximum atomic E-state index is 6.01. The van der Waals surface area contributed by atoms with E-state index in [1.807, 2.05) is 6.07 Å². The van der Waals surface area contributed by atoms with Crippen LogP contribution < -0.4 is 5.73 Å². The first-order valence-electron chi connectivity index (χ1n) is 7.01. The van der Waals surface area contributed by atoms with E-state index in [0.717, 1.165) is 49.8 Å². The number of likely N-dealkylation sites (tertiary alicyclic amines) is 1. The van der Waals surface area contributed by atoms with Gasteiger partial charge in [-0.1, -0.05) is 11.6 Å². The van der Waals surface area contributed by atoms with E-state index in [2.05, 4.69) is 17.9 Å². The smallest absolute Gasteiger partial charge is 0.0931 e. The average molecular weight is 303 g/mol. The molecule has 0 aliphatic carbocycles. The Labute approximate surface area is 124 Å². The zero-order chi connectivity index (χ0) is 13.7. The maximum absolute atomic E-state index is 6.01. The van der Waals surface area contributed by atoms with E-state index in [4.69, 9.17) is 22.1 Å². The number of nitrogens with two attached hydrogens (primary N) is 1. The summed E-state index contributed by atoms with van der Waals surface area (Å²) in [7, 11) is 0. The largest absolute Gasteiger partial charge is 0.378 e. The fraction of sp³-hybridized carbons (Fsp3) is 0.714. The lowest BCUT2D eigenvalue weighted by atomic mass is 10.1. The van der Waals surface area contributed by atoms with Gasteiger partial charge in [-0.15, -0.1) is 11.3 Å². The van der Waals surface area contributed by atoms with Crippen LogP contribution in [0.4, 0.5) is 0 Å². The van der Waals surface area contributed by atoms with Crippen molar-refractivity contribution in [3.8, 4) is 0 Å². The minimum Gasteiger partial charge on any atom is -0.378 e. The van der Waals surface area contributed by atoms with Crippen LogP contribution in [-0.2, 0) is 4.74 Å². The van der Waals surface area contributed by atoms with Crippen LogP contribution in [0, 0.1) is 0 Å². The first-order chi connectivity index (χ1) is 9.20. The highest BCUT2D eigenvalue weighted by molar-refractivity contribution is 7.16. The molecule has 0 saturated carbocycles. The summed E-state index contributed by atoms with van der Waals surface area (Å²) in [5.74, 6) is 0. The van der Waals surface area contributed by atoms with Crippen LogP contribution in [0.1, 0.15) is 37.1 Å². The molecule has 1 aromatic heterocycles. The summed E-state index contributed by atoms with van der Waals surface area (Å²) in [6, 6.07) is 4.59. The van der Waals surface area contributed by atoms with E-state index >= 15 is 0 Å². The van der Waals surface area contributed by atoms with Crippen LogP contribution in [0.25, 0.3) is 0 Å². The molecule has 1 aliphatic rings. The highest BCUT2D eigenvalue weighted by Crippen LogP contribution is 2.32. The molecule has 1 aliphatic heterocycles. The minimum absolute atomic E-state index is 0.418. The first-order valence-corrected chi connectivity index (χ1v) is 8.21. The molecule has 0 aromatic carbocycles. The van der Waals surface area contributed by atoms with Crippen LogP contribution in [-0.4, -0.2) is 37.2 Å². The van der Waals surface area contributed by atoms with E-state index in [9.17, 15) is 0 Å². The maximum Gasteiger partial charge on any atom is 0.0931 e. The van der Waals surface area contributed by atoms with Crippen molar-refractivity contribution >= 4 is 22.9 Å². The van der Waals surface area contributed by atoms with Crippen molar-refractivity contribution in [3.63, 3.8) is 0 Å². The molecule has 0 spiro atoms. The molecule has 2 heterocycles. The van der Waals surface area contributed by atoms with Crippen LogP contribution in [0.3, 0.4) is 0 Å². The number of hydrogen-bond acceptors (Lipinski definition) is 4. The Balaban J connectivity index is 1.76. The summed E-state index contributed by atoms with van der Waals surface area (Å²) in [4.78, 5) is 3.87.